The monoisotopic (exact) mass is 334 g/mol. The largest absolute Gasteiger partial charge is 0.391 e. The number of hydrogen-bond acceptors (Lipinski definition) is 4. The van der Waals surface area contributed by atoms with Crippen molar-refractivity contribution in [2.75, 3.05) is 0 Å². The minimum Gasteiger partial charge on any atom is -0.391 e. The summed E-state index contributed by atoms with van der Waals surface area (Å²) in [5.41, 5.74) is 6.00. The van der Waals surface area contributed by atoms with Crippen molar-refractivity contribution in [2.45, 2.75) is 63.3 Å². The molecule has 1 heterocycles. The smallest absolute Gasteiger partial charge is 0.133 e. The summed E-state index contributed by atoms with van der Waals surface area (Å²) >= 11 is 0. The lowest BCUT2D eigenvalue weighted by Crippen LogP contribution is -2.37. The number of benzene rings is 1. The highest BCUT2D eigenvalue weighted by atomic mass is 19.1. The maximum absolute atomic E-state index is 13.8. The van der Waals surface area contributed by atoms with E-state index in [1.807, 2.05) is 30.3 Å². The number of rotatable bonds is 9. The van der Waals surface area contributed by atoms with Crippen LogP contribution in [0.5, 0.6) is 0 Å². The molecule has 6 heteroatoms. The quantitative estimate of drug-likeness (QED) is 0.658. The van der Waals surface area contributed by atoms with Crippen molar-refractivity contribution < 1.29 is 9.50 Å². The Balaban J connectivity index is 1.97. The van der Waals surface area contributed by atoms with Crippen molar-refractivity contribution in [2.24, 2.45) is 5.73 Å². The van der Waals surface area contributed by atoms with E-state index in [-0.39, 0.29) is 12.0 Å². The third-order valence-electron chi connectivity index (χ3n) is 4.24. The number of nitrogens with one attached hydrogen (secondary N) is 1. The Morgan fingerprint density at radius 3 is 2.58 bits per heavy atom. The molecular weight excluding hydrogens is 307 g/mol. The zero-order valence-corrected chi connectivity index (χ0v) is 14.3. The highest BCUT2D eigenvalue weighted by molar-refractivity contribution is 5.16. The Labute approximate surface area is 142 Å². The predicted molar refractivity (Wildman–Crippen MR) is 92.3 cm³/mol. The molecule has 0 aliphatic rings. The summed E-state index contributed by atoms with van der Waals surface area (Å²) in [7, 11) is 0. The van der Waals surface area contributed by atoms with Gasteiger partial charge in [0.05, 0.1) is 6.10 Å². The molecule has 3 unspecified atom stereocenters. The zero-order valence-electron chi connectivity index (χ0n) is 14.3. The predicted octanol–water partition coefficient (Wildman–Crippen LogP) is 2.74. The van der Waals surface area contributed by atoms with E-state index in [9.17, 15) is 9.50 Å². The van der Waals surface area contributed by atoms with Gasteiger partial charge in [0.25, 0.3) is 0 Å². The highest BCUT2D eigenvalue weighted by Gasteiger charge is 2.26. The fraction of sp³-hybridized carbons (Fsp3) is 0.556. The second-order valence-electron chi connectivity index (χ2n) is 6.99. The molecule has 0 aliphatic heterocycles. The molecule has 132 valence electrons. The number of halogens is 1. The Kier molecular flexibility index (Phi) is 6.45. The van der Waals surface area contributed by atoms with Crippen molar-refractivity contribution in [3.8, 4) is 0 Å². The van der Waals surface area contributed by atoms with E-state index in [1.54, 1.807) is 13.8 Å². The molecule has 2 aromatic rings. The molecule has 0 amide bonds. The Hall–Kier alpha value is -1.79. The normalized spacial score (nSPS) is 15.9. The van der Waals surface area contributed by atoms with Crippen LogP contribution >= 0.6 is 0 Å². The zero-order chi connectivity index (χ0) is 17.6. The van der Waals surface area contributed by atoms with Crippen molar-refractivity contribution in [1.82, 2.24) is 15.2 Å². The minimum absolute atomic E-state index is 0.0978. The molecule has 3 atom stereocenters. The second kappa shape index (κ2) is 8.35. The van der Waals surface area contributed by atoms with E-state index in [0.717, 1.165) is 5.56 Å². The lowest BCUT2D eigenvalue weighted by molar-refractivity contribution is 0.117. The maximum Gasteiger partial charge on any atom is 0.133 e. The van der Waals surface area contributed by atoms with E-state index in [1.165, 1.54) is 6.33 Å². The fourth-order valence-corrected chi connectivity index (χ4v) is 2.79. The first kappa shape index (κ1) is 18.5. The van der Waals surface area contributed by atoms with Crippen LogP contribution in [0, 0.1) is 0 Å². The molecule has 0 radical (unpaired) electrons. The first-order valence-electron chi connectivity index (χ1n) is 8.37. The summed E-state index contributed by atoms with van der Waals surface area (Å²) in [6.07, 6.45) is 2.80. The van der Waals surface area contributed by atoms with Gasteiger partial charge >= 0.3 is 0 Å². The van der Waals surface area contributed by atoms with Crippen LogP contribution in [0.3, 0.4) is 0 Å². The molecule has 1 aromatic carbocycles. The summed E-state index contributed by atoms with van der Waals surface area (Å²) in [6, 6.07) is 9.46. The summed E-state index contributed by atoms with van der Waals surface area (Å²) in [5, 5.41) is 18.3. The van der Waals surface area contributed by atoms with Gasteiger partial charge in [0, 0.05) is 12.0 Å². The molecule has 2 rings (SSSR count). The average Bonchev–Trinajstić information content (AvgIpc) is 3.05. The van der Waals surface area contributed by atoms with Gasteiger partial charge < -0.3 is 15.8 Å². The van der Waals surface area contributed by atoms with Crippen LogP contribution in [-0.2, 0) is 6.42 Å². The number of nitrogens with two attached hydrogens (primary N) is 1. The lowest BCUT2D eigenvalue weighted by Gasteiger charge is -2.24. The molecule has 0 fully saturated rings. The van der Waals surface area contributed by atoms with Gasteiger partial charge in [-0.15, -0.1) is 10.2 Å². The molecule has 0 spiro atoms. The number of aromatic nitrogens is 3. The number of H-pyrrole nitrogens is 1. The van der Waals surface area contributed by atoms with Crippen LogP contribution < -0.4 is 5.73 Å². The number of aromatic amines is 1. The molecule has 24 heavy (non-hydrogen) atoms. The summed E-state index contributed by atoms with van der Waals surface area (Å²) < 4.78 is 13.8. The Morgan fingerprint density at radius 1 is 1.29 bits per heavy atom. The van der Waals surface area contributed by atoms with E-state index >= 15 is 0 Å². The highest BCUT2D eigenvalue weighted by Crippen LogP contribution is 2.29. The molecule has 5 nitrogen and oxygen atoms in total. The van der Waals surface area contributed by atoms with Crippen LogP contribution in [-0.4, -0.2) is 38.1 Å². The maximum atomic E-state index is 13.8. The molecule has 1 aromatic heterocycles. The third-order valence-corrected chi connectivity index (χ3v) is 4.24. The Morgan fingerprint density at radius 2 is 2.00 bits per heavy atom. The van der Waals surface area contributed by atoms with E-state index < -0.39 is 11.8 Å². The first-order chi connectivity index (χ1) is 11.3. The topological polar surface area (TPSA) is 87.8 Å². The molecule has 0 saturated carbocycles. The summed E-state index contributed by atoms with van der Waals surface area (Å²) in [5.74, 6) is 0.574. The Bertz CT molecular complexity index is 583. The van der Waals surface area contributed by atoms with Gasteiger partial charge in [-0.3, -0.25) is 0 Å². The van der Waals surface area contributed by atoms with E-state index in [2.05, 4.69) is 15.2 Å². The molecule has 0 bridgehead atoms. The van der Waals surface area contributed by atoms with Gasteiger partial charge in [0.2, 0.25) is 0 Å². The lowest BCUT2D eigenvalue weighted by atomic mass is 9.88. The summed E-state index contributed by atoms with van der Waals surface area (Å²) in [4.78, 5) is 2.97. The van der Waals surface area contributed by atoms with Crippen LogP contribution in [0.15, 0.2) is 36.7 Å². The second-order valence-corrected chi connectivity index (χ2v) is 6.99. The van der Waals surface area contributed by atoms with Gasteiger partial charge in [-0.1, -0.05) is 30.3 Å². The molecular formula is C18H27FN4O. The van der Waals surface area contributed by atoms with Crippen LogP contribution in [0.25, 0.3) is 0 Å². The van der Waals surface area contributed by atoms with Crippen LogP contribution in [0.4, 0.5) is 4.39 Å². The minimum atomic E-state index is -1.25. The van der Waals surface area contributed by atoms with Gasteiger partial charge in [-0.25, -0.2) is 4.39 Å². The van der Waals surface area contributed by atoms with Gasteiger partial charge in [0.15, 0.2) is 0 Å². The van der Waals surface area contributed by atoms with Crippen LogP contribution in [0.2, 0.25) is 0 Å². The van der Waals surface area contributed by atoms with Crippen LogP contribution in [0.1, 0.15) is 50.4 Å². The third kappa shape index (κ3) is 6.02. The number of hydrogen-bond donors (Lipinski definition) is 3. The van der Waals surface area contributed by atoms with Crippen molar-refractivity contribution in [3.63, 3.8) is 0 Å². The summed E-state index contributed by atoms with van der Waals surface area (Å²) in [6.45, 7) is 3.12. The van der Waals surface area contributed by atoms with Gasteiger partial charge in [-0.05, 0) is 45.1 Å². The number of nitrogens with zero attached hydrogens (tertiary/aromatic N) is 2. The van der Waals surface area contributed by atoms with Crippen molar-refractivity contribution >= 4 is 0 Å². The van der Waals surface area contributed by atoms with Gasteiger partial charge in [0.1, 0.15) is 17.8 Å². The average molecular weight is 334 g/mol. The fourth-order valence-electron chi connectivity index (χ4n) is 2.79. The molecule has 0 aliphatic carbocycles. The number of alkyl halides is 1. The van der Waals surface area contributed by atoms with E-state index in [0.29, 0.717) is 31.5 Å². The molecule has 4 N–H and O–H groups in total. The van der Waals surface area contributed by atoms with E-state index in [4.69, 9.17) is 5.73 Å². The SMILES string of the molecule is CC(C)(F)CCC(CC(O)C(N)Cc1ccccc1)c1nnc[nH]1. The standard InChI is InChI=1S/C18H27FN4O/c1-18(2,19)9-8-14(17-21-12-22-23-17)11-16(24)15(20)10-13-6-4-3-5-7-13/h3-7,12,14-16,24H,8-11,20H2,1-2H3,(H,21,22,23). The first-order valence-corrected chi connectivity index (χ1v) is 8.37. The number of aliphatic hydroxyl groups excluding tert-OH is 1. The van der Waals surface area contributed by atoms with Crippen molar-refractivity contribution in [1.29, 1.82) is 0 Å². The van der Waals surface area contributed by atoms with Crippen molar-refractivity contribution in [3.05, 3.63) is 48.0 Å². The van der Waals surface area contributed by atoms with Gasteiger partial charge in [-0.2, -0.15) is 0 Å². The molecule has 0 saturated heterocycles. The number of aliphatic hydroxyl groups is 1.